The highest BCUT2D eigenvalue weighted by Gasteiger charge is 2.35. The lowest BCUT2D eigenvalue weighted by molar-refractivity contribution is -0.0484. The Kier molecular flexibility index (Phi) is 3.17. The summed E-state index contributed by atoms with van der Waals surface area (Å²) in [4.78, 5) is 25.3. The van der Waals surface area contributed by atoms with E-state index in [4.69, 9.17) is 9.47 Å². The first-order valence-corrected chi connectivity index (χ1v) is 5.53. The van der Waals surface area contributed by atoms with Gasteiger partial charge in [0.2, 0.25) is 0 Å². The summed E-state index contributed by atoms with van der Waals surface area (Å²) >= 11 is 0. The van der Waals surface area contributed by atoms with Crippen molar-refractivity contribution in [2.24, 2.45) is 0 Å². The molecule has 0 radical (unpaired) electrons. The van der Waals surface area contributed by atoms with Crippen molar-refractivity contribution in [3.63, 3.8) is 0 Å². The van der Waals surface area contributed by atoms with E-state index in [-0.39, 0.29) is 17.8 Å². The van der Waals surface area contributed by atoms with Gasteiger partial charge in [-0.2, -0.15) is 0 Å². The molecule has 0 aliphatic carbocycles. The van der Waals surface area contributed by atoms with Gasteiger partial charge in [-0.05, 0) is 13.8 Å². The fourth-order valence-corrected chi connectivity index (χ4v) is 2.06. The second-order valence-electron chi connectivity index (χ2n) is 4.33. The molecule has 0 spiro atoms. The van der Waals surface area contributed by atoms with E-state index in [0.29, 0.717) is 5.56 Å². The number of hydrogen-bond donors (Lipinski definition) is 1. The third-order valence-corrected chi connectivity index (χ3v) is 2.98. The molecule has 1 aliphatic heterocycles. The maximum absolute atomic E-state index is 11.7. The summed E-state index contributed by atoms with van der Waals surface area (Å²) in [7, 11) is 1.59. The van der Waals surface area contributed by atoms with Crippen LogP contribution in [0.3, 0.4) is 0 Å². The van der Waals surface area contributed by atoms with Crippen LogP contribution in [0.4, 0.5) is 0 Å². The van der Waals surface area contributed by atoms with E-state index in [1.54, 1.807) is 14.0 Å². The van der Waals surface area contributed by atoms with Crippen LogP contribution in [0.2, 0.25) is 0 Å². The molecule has 1 saturated heterocycles. The second-order valence-corrected chi connectivity index (χ2v) is 4.33. The van der Waals surface area contributed by atoms with Crippen LogP contribution in [0.15, 0.2) is 15.8 Å². The van der Waals surface area contributed by atoms with E-state index in [1.165, 1.54) is 10.8 Å². The summed E-state index contributed by atoms with van der Waals surface area (Å²) < 4.78 is 12.3. The fraction of sp³-hybridized carbons (Fsp3) is 0.636. The van der Waals surface area contributed by atoms with Crippen LogP contribution >= 0.6 is 0 Å². The number of methoxy groups -OCH3 is 1. The Morgan fingerprint density at radius 1 is 1.53 bits per heavy atom. The Hall–Kier alpha value is -1.40. The summed E-state index contributed by atoms with van der Waals surface area (Å²) in [6.45, 7) is 3.57. The van der Waals surface area contributed by atoms with E-state index >= 15 is 0 Å². The molecule has 0 aromatic carbocycles. The molecule has 0 unspecified atom stereocenters. The summed E-state index contributed by atoms with van der Waals surface area (Å²) in [5, 5.41) is 0. The average molecular weight is 240 g/mol. The monoisotopic (exact) mass is 240 g/mol. The van der Waals surface area contributed by atoms with Crippen molar-refractivity contribution in [2.75, 3.05) is 7.11 Å². The molecule has 0 bridgehead atoms. The number of nitrogens with zero attached hydrogens (tertiary/aromatic N) is 1. The normalized spacial score (nSPS) is 28.5. The zero-order valence-corrected chi connectivity index (χ0v) is 10.1. The minimum Gasteiger partial charge on any atom is -0.377 e. The van der Waals surface area contributed by atoms with Crippen LogP contribution in [0.5, 0.6) is 0 Å². The average Bonchev–Trinajstić information content (AvgIpc) is 2.64. The summed E-state index contributed by atoms with van der Waals surface area (Å²) in [6, 6.07) is 0. The van der Waals surface area contributed by atoms with E-state index < -0.39 is 11.9 Å². The van der Waals surface area contributed by atoms with Crippen molar-refractivity contribution >= 4 is 0 Å². The first-order valence-electron chi connectivity index (χ1n) is 5.53. The molecule has 6 heteroatoms. The van der Waals surface area contributed by atoms with Crippen LogP contribution in [0.1, 0.15) is 25.1 Å². The van der Waals surface area contributed by atoms with Gasteiger partial charge in [-0.15, -0.1) is 0 Å². The van der Waals surface area contributed by atoms with Gasteiger partial charge in [0, 0.05) is 25.3 Å². The van der Waals surface area contributed by atoms with Crippen LogP contribution in [-0.4, -0.2) is 28.9 Å². The number of rotatable bonds is 2. The summed E-state index contributed by atoms with van der Waals surface area (Å²) in [5.41, 5.74) is -0.365. The summed E-state index contributed by atoms with van der Waals surface area (Å²) in [6.07, 6.45) is 1.62. The van der Waals surface area contributed by atoms with Gasteiger partial charge in [0.1, 0.15) is 6.10 Å². The van der Waals surface area contributed by atoms with Gasteiger partial charge in [-0.3, -0.25) is 14.3 Å². The number of aromatic amines is 1. The highest BCUT2D eigenvalue weighted by atomic mass is 16.6. The molecule has 1 fully saturated rings. The zero-order valence-electron chi connectivity index (χ0n) is 10.1. The lowest BCUT2D eigenvalue weighted by Crippen LogP contribution is -2.36. The van der Waals surface area contributed by atoms with Crippen molar-refractivity contribution in [2.45, 2.75) is 38.7 Å². The Morgan fingerprint density at radius 3 is 2.88 bits per heavy atom. The Balaban J connectivity index is 2.43. The number of ether oxygens (including phenoxy) is 2. The van der Waals surface area contributed by atoms with E-state index in [1.807, 2.05) is 6.92 Å². The van der Waals surface area contributed by atoms with Crippen molar-refractivity contribution in [3.05, 3.63) is 32.6 Å². The summed E-state index contributed by atoms with van der Waals surface area (Å²) in [5.74, 6) is 0. The molecule has 17 heavy (non-hydrogen) atoms. The predicted molar refractivity (Wildman–Crippen MR) is 61.1 cm³/mol. The molecular formula is C11H16N2O4. The molecule has 1 aromatic rings. The first-order chi connectivity index (χ1) is 8.02. The van der Waals surface area contributed by atoms with Crippen molar-refractivity contribution < 1.29 is 9.47 Å². The highest BCUT2D eigenvalue weighted by molar-refractivity contribution is 5.02. The van der Waals surface area contributed by atoms with Gasteiger partial charge in [0.25, 0.3) is 5.56 Å². The zero-order chi connectivity index (χ0) is 12.6. The number of aryl methyl sites for hydroxylation is 1. The maximum Gasteiger partial charge on any atom is 0.330 e. The molecule has 1 aliphatic rings. The van der Waals surface area contributed by atoms with Gasteiger partial charge in [0.15, 0.2) is 6.23 Å². The minimum absolute atomic E-state index is 0.0316. The van der Waals surface area contributed by atoms with E-state index in [0.717, 1.165) is 6.42 Å². The molecule has 94 valence electrons. The largest absolute Gasteiger partial charge is 0.377 e. The van der Waals surface area contributed by atoms with E-state index in [9.17, 15) is 9.59 Å². The molecule has 1 N–H and O–H groups in total. The lowest BCUT2D eigenvalue weighted by Gasteiger charge is -2.19. The van der Waals surface area contributed by atoms with Gasteiger partial charge < -0.3 is 9.47 Å². The molecule has 0 saturated carbocycles. The SMILES string of the molecule is CO[C@@H]1C[C@@H](C)O[C@H]1n1cc(C)c(=O)[nH]c1=O. The van der Waals surface area contributed by atoms with E-state index in [2.05, 4.69) is 4.98 Å². The fourth-order valence-electron chi connectivity index (χ4n) is 2.06. The minimum atomic E-state index is -0.474. The topological polar surface area (TPSA) is 73.3 Å². The Bertz CT molecular complexity index is 519. The van der Waals surface area contributed by atoms with Crippen LogP contribution in [0.25, 0.3) is 0 Å². The van der Waals surface area contributed by atoms with Crippen molar-refractivity contribution in [3.8, 4) is 0 Å². The van der Waals surface area contributed by atoms with Crippen LogP contribution in [-0.2, 0) is 9.47 Å². The lowest BCUT2D eigenvalue weighted by atomic mass is 10.2. The predicted octanol–water partition coefficient (Wildman–Crippen LogP) is 0.167. The third-order valence-electron chi connectivity index (χ3n) is 2.98. The molecular weight excluding hydrogens is 224 g/mol. The van der Waals surface area contributed by atoms with Crippen LogP contribution in [0, 0.1) is 6.92 Å². The highest BCUT2D eigenvalue weighted by Crippen LogP contribution is 2.29. The molecule has 2 heterocycles. The smallest absolute Gasteiger partial charge is 0.330 e. The molecule has 1 aromatic heterocycles. The Labute approximate surface area is 98.2 Å². The number of H-pyrrole nitrogens is 1. The Morgan fingerprint density at radius 2 is 2.24 bits per heavy atom. The molecule has 3 atom stereocenters. The third kappa shape index (κ3) is 2.18. The number of nitrogens with one attached hydrogen (secondary N) is 1. The van der Waals surface area contributed by atoms with Gasteiger partial charge in [0.05, 0.1) is 6.10 Å². The molecule has 0 amide bonds. The molecule has 6 nitrogen and oxygen atoms in total. The maximum atomic E-state index is 11.7. The van der Waals surface area contributed by atoms with Crippen molar-refractivity contribution in [1.82, 2.24) is 9.55 Å². The van der Waals surface area contributed by atoms with Gasteiger partial charge in [-0.25, -0.2) is 4.79 Å². The van der Waals surface area contributed by atoms with Crippen molar-refractivity contribution in [1.29, 1.82) is 0 Å². The number of aromatic nitrogens is 2. The standard InChI is InChI=1S/C11H16N2O4/c1-6-5-13(11(15)12-9(6)14)10-8(16-3)4-7(2)17-10/h5,7-8,10H,4H2,1-3H3,(H,12,14,15)/t7-,8-,10-/m1/s1. The van der Waals surface area contributed by atoms with Gasteiger partial charge in [-0.1, -0.05) is 0 Å². The molecule has 2 rings (SSSR count). The second kappa shape index (κ2) is 4.46. The number of hydrogen-bond acceptors (Lipinski definition) is 4. The quantitative estimate of drug-likeness (QED) is 0.799. The first kappa shape index (κ1) is 12.1. The van der Waals surface area contributed by atoms with Gasteiger partial charge >= 0.3 is 5.69 Å². The van der Waals surface area contributed by atoms with Crippen LogP contribution < -0.4 is 11.2 Å².